The van der Waals surface area contributed by atoms with Gasteiger partial charge in [0.25, 0.3) is 0 Å². The molecule has 2 N–H and O–H groups in total. The lowest BCUT2D eigenvalue weighted by atomic mass is 9.63. The van der Waals surface area contributed by atoms with Crippen molar-refractivity contribution in [3.63, 3.8) is 0 Å². The average Bonchev–Trinajstić information content (AvgIpc) is 2.90. The first-order valence-electron chi connectivity index (χ1n) is 8.59. The van der Waals surface area contributed by atoms with Crippen LogP contribution in [0, 0.1) is 23.7 Å². The van der Waals surface area contributed by atoms with Crippen LogP contribution < -0.4 is 10.6 Å². The van der Waals surface area contributed by atoms with E-state index in [9.17, 15) is 14.4 Å². The largest absolute Gasteiger partial charge is 0.320 e. The van der Waals surface area contributed by atoms with Crippen LogP contribution in [0.3, 0.4) is 0 Å². The zero-order chi connectivity index (χ0) is 17.6. The molecule has 25 heavy (non-hydrogen) atoms. The van der Waals surface area contributed by atoms with Crippen molar-refractivity contribution in [3.8, 4) is 0 Å². The molecule has 1 aromatic rings. The summed E-state index contributed by atoms with van der Waals surface area (Å²) in [6.45, 7) is 1.66. The number of anilines is 1. The number of carbonyl (C=O) groups is 3. The number of pyridine rings is 1. The topological polar surface area (TPSA) is 91.4 Å². The molecule has 4 aliphatic rings. The van der Waals surface area contributed by atoms with Crippen LogP contribution in [0.1, 0.15) is 19.8 Å². The van der Waals surface area contributed by atoms with Gasteiger partial charge in [-0.2, -0.15) is 0 Å². The number of hydrogen-bond donors (Lipinski definition) is 2. The summed E-state index contributed by atoms with van der Waals surface area (Å²) in [5.74, 6) is -0.559. The Labute approximate surface area is 145 Å². The standard InChI is InChI=1S/C18H20N4O3/c1-10(20-18(25)21-13-3-2-8-19-9-13)22-16(23)14-11-4-5-12(7-6-11)15(14)17(22)24/h2-5,8-12,14-15H,6-7H2,1H3,(H2,20,21,25)/t10-,11+,12+,14-,15+/m1/s1. The summed E-state index contributed by atoms with van der Waals surface area (Å²) in [6.07, 6.45) is 8.51. The molecule has 4 amide bonds. The number of rotatable bonds is 3. The van der Waals surface area contributed by atoms with Gasteiger partial charge in [0, 0.05) is 6.20 Å². The average molecular weight is 340 g/mol. The number of aromatic nitrogens is 1. The predicted molar refractivity (Wildman–Crippen MR) is 90.0 cm³/mol. The lowest BCUT2D eigenvalue weighted by molar-refractivity contribution is -0.142. The molecular formula is C18H20N4O3. The summed E-state index contributed by atoms with van der Waals surface area (Å²) in [4.78, 5) is 42.9. The Balaban J connectivity index is 1.46. The SMILES string of the molecule is C[C@H](NC(=O)Nc1cccnc1)N1C(=O)[C@@H]2[C@H](C1=O)[C@H]1C=C[C@H]2CC1. The molecule has 2 heterocycles. The second kappa shape index (κ2) is 5.98. The summed E-state index contributed by atoms with van der Waals surface area (Å²) < 4.78 is 0. The minimum absolute atomic E-state index is 0.146. The second-order valence-corrected chi connectivity index (χ2v) is 6.90. The van der Waals surface area contributed by atoms with Crippen molar-refractivity contribution in [2.75, 3.05) is 5.32 Å². The highest BCUT2D eigenvalue weighted by Gasteiger charge is 2.57. The fourth-order valence-corrected chi connectivity index (χ4v) is 4.34. The lowest BCUT2D eigenvalue weighted by Gasteiger charge is -2.38. The van der Waals surface area contributed by atoms with Gasteiger partial charge in [-0.05, 0) is 43.7 Å². The number of allylic oxidation sites excluding steroid dienone is 2. The van der Waals surface area contributed by atoms with Gasteiger partial charge in [-0.1, -0.05) is 12.2 Å². The fraction of sp³-hybridized carbons (Fsp3) is 0.444. The quantitative estimate of drug-likeness (QED) is 0.648. The van der Waals surface area contributed by atoms with Gasteiger partial charge in [-0.15, -0.1) is 0 Å². The summed E-state index contributed by atoms with van der Waals surface area (Å²) in [7, 11) is 0. The molecule has 2 fully saturated rings. The molecule has 1 saturated heterocycles. The van der Waals surface area contributed by atoms with Crippen molar-refractivity contribution >= 4 is 23.5 Å². The van der Waals surface area contributed by atoms with E-state index >= 15 is 0 Å². The van der Waals surface area contributed by atoms with Crippen LogP contribution in [0.2, 0.25) is 0 Å². The number of nitrogens with one attached hydrogen (secondary N) is 2. The monoisotopic (exact) mass is 340 g/mol. The highest BCUT2D eigenvalue weighted by atomic mass is 16.2. The Kier molecular flexibility index (Phi) is 3.78. The first kappa shape index (κ1) is 15.8. The van der Waals surface area contributed by atoms with E-state index in [1.165, 1.54) is 11.1 Å². The van der Waals surface area contributed by atoms with E-state index < -0.39 is 12.2 Å². The van der Waals surface area contributed by atoms with E-state index in [4.69, 9.17) is 0 Å². The van der Waals surface area contributed by atoms with Gasteiger partial charge in [-0.3, -0.25) is 19.5 Å². The highest BCUT2D eigenvalue weighted by molar-refractivity contribution is 6.06. The molecule has 0 aromatic carbocycles. The Morgan fingerprint density at radius 3 is 2.36 bits per heavy atom. The molecule has 5 atom stereocenters. The van der Waals surface area contributed by atoms with Gasteiger partial charge in [0.1, 0.15) is 6.17 Å². The third-order valence-corrected chi connectivity index (χ3v) is 5.44. The molecule has 0 radical (unpaired) electrons. The van der Waals surface area contributed by atoms with E-state index in [0.29, 0.717) is 5.69 Å². The third-order valence-electron chi connectivity index (χ3n) is 5.44. The Bertz CT molecular complexity index is 716. The minimum atomic E-state index is -0.693. The maximum Gasteiger partial charge on any atom is 0.320 e. The molecule has 1 aromatic heterocycles. The van der Waals surface area contributed by atoms with E-state index in [2.05, 4.69) is 27.8 Å². The number of carbonyl (C=O) groups excluding carboxylic acids is 3. The highest BCUT2D eigenvalue weighted by Crippen LogP contribution is 2.49. The van der Waals surface area contributed by atoms with Crippen molar-refractivity contribution in [1.29, 1.82) is 0 Å². The van der Waals surface area contributed by atoms with Crippen LogP contribution in [0.25, 0.3) is 0 Å². The maximum absolute atomic E-state index is 12.8. The van der Waals surface area contributed by atoms with Crippen LogP contribution in [-0.4, -0.2) is 33.9 Å². The molecule has 7 heteroatoms. The number of imide groups is 1. The van der Waals surface area contributed by atoms with E-state index in [-0.39, 0.29) is 35.5 Å². The van der Waals surface area contributed by atoms with Crippen molar-refractivity contribution < 1.29 is 14.4 Å². The van der Waals surface area contributed by atoms with E-state index in [1.807, 2.05) is 0 Å². The number of likely N-dealkylation sites (tertiary alicyclic amines) is 1. The number of nitrogens with zero attached hydrogens (tertiary/aromatic N) is 2. The molecule has 5 rings (SSSR count). The summed E-state index contributed by atoms with van der Waals surface area (Å²) >= 11 is 0. The molecule has 0 unspecified atom stereocenters. The van der Waals surface area contributed by atoms with Crippen LogP contribution in [0.5, 0.6) is 0 Å². The summed E-state index contributed by atoms with van der Waals surface area (Å²) in [5, 5.41) is 5.32. The van der Waals surface area contributed by atoms with Gasteiger partial charge in [0.2, 0.25) is 11.8 Å². The van der Waals surface area contributed by atoms with Crippen LogP contribution in [0.4, 0.5) is 10.5 Å². The predicted octanol–water partition coefficient (Wildman–Crippen LogP) is 1.75. The zero-order valence-corrected chi connectivity index (χ0v) is 13.9. The maximum atomic E-state index is 12.8. The van der Waals surface area contributed by atoms with Gasteiger partial charge in [0.15, 0.2) is 0 Å². The summed E-state index contributed by atoms with van der Waals surface area (Å²) in [5.41, 5.74) is 0.544. The molecule has 2 bridgehead atoms. The normalized spacial score (nSPS) is 31.0. The van der Waals surface area contributed by atoms with Crippen molar-refractivity contribution in [2.24, 2.45) is 23.7 Å². The fourth-order valence-electron chi connectivity index (χ4n) is 4.34. The van der Waals surface area contributed by atoms with E-state index in [0.717, 1.165) is 12.8 Å². The van der Waals surface area contributed by atoms with Gasteiger partial charge in [0.05, 0.1) is 23.7 Å². The second-order valence-electron chi connectivity index (χ2n) is 6.90. The molecule has 3 aliphatic carbocycles. The molecule has 1 aliphatic heterocycles. The van der Waals surface area contributed by atoms with Crippen molar-refractivity contribution in [2.45, 2.75) is 25.9 Å². The van der Waals surface area contributed by atoms with Gasteiger partial charge >= 0.3 is 6.03 Å². The molecule has 130 valence electrons. The first-order valence-corrected chi connectivity index (χ1v) is 8.59. The van der Waals surface area contributed by atoms with Crippen molar-refractivity contribution in [1.82, 2.24) is 15.2 Å². The molecule has 0 spiro atoms. The minimum Gasteiger partial charge on any atom is -0.317 e. The Morgan fingerprint density at radius 2 is 1.84 bits per heavy atom. The zero-order valence-electron chi connectivity index (χ0n) is 13.9. The van der Waals surface area contributed by atoms with Crippen molar-refractivity contribution in [3.05, 3.63) is 36.7 Å². The van der Waals surface area contributed by atoms with Gasteiger partial charge < -0.3 is 10.6 Å². The number of amides is 4. The lowest BCUT2D eigenvalue weighted by Crippen LogP contribution is -2.50. The Hall–Kier alpha value is -2.70. The number of urea groups is 1. The van der Waals surface area contributed by atoms with E-state index in [1.54, 1.807) is 25.3 Å². The molecular weight excluding hydrogens is 320 g/mol. The Morgan fingerprint density at radius 1 is 1.20 bits per heavy atom. The first-order chi connectivity index (χ1) is 12.1. The number of fused-ring (bicyclic) bond motifs is 1. The van der Waals surface area contributed by atoms with Crippen LogP contribution in [-0.2, 0) is 9.59 Å². The molecule has 7 nitrogen and oxygen atoms in total. The van der Waals surface area contributed by atoms with Crippen LogP contribution in [0.15, 0.2) is 36.7 Å². The summed E-state index contributed by atoms with van der Waals surface area (Å²) in [6, 6.07) is 2.94. The molecule has 1 saturated carbocycles. The van der Waals surface area contributed by atoms with Gasteiger partial charge in [-0.25, -0.2) is 4.79 Å². The number of hydrogen-bond acceptors (Lipinski definition) is 4. The smallest absolute Gasteiger partial charge is 0.317 e. The third kappa shape index (κ3) is 2.59. The van der Waals surface area contributed by atoms with Crippen LogP contribution >= 0.6 is 0 Å².